The molecule has 0 saturated heterocycles. The van der Waals surface area contributed by atoms with E-state index >= 15 is 0 Å². The largest absolute Gasteiger partial charge is 0.394 e. The Morgan fingerprint density at radius 3 is 2.84 bits per heavy atom. The molecule has 9 heteroatoms. The number of anilines is 2. The molecule has 5 rings (SSSR count). The number of fused-ring (bicyclic) bond motifs is 1. The number of aliphatic hydroxyl groups is 1. The number of benzene rings is 1. The first-order chi connectivity index (χ1) is 15.5. The van der Waals surface area contributed by atoms with E-state index < -0.39 is 0 Å². The molecule has 7 nitrogen and oxygen atoms in total. The molecule has 0 spiro atoms. The van der Waals surface area contributed by atoms with Gasteiger partial charge in [0, 0.05) is 24.6 Å². The summed E-state index contributed by atoms with van der Waals surface area (Å²) >= 11 is 6.40. The van der Waals surface area contributed by atoms with Crippen molar-refractivity contribution >= 4 is 29.0 Å². The SMILES string of the molecule is O=C1c2cnn(Cc3ccccc3F)c2CCN1c1cc(N[C@H](CO)C2CC2)ncc1Cl. The molecule has 3 heterocycles. The van der Waals surface area contributed by atoms with Gasteiger partial charge in [-0.25, -0.2) is 9.37 Å². The summed E-state index contributed by atoms with van der Waals surface area (Å²) in [7, 11) is 0. The van der Waals surface area contributed by atoms with Crippen molar-refractivity contribution in [3.05, 3.63) is 70.4 Å². The molecule has 2 aromatic heterocycles. The number of amides is 1. The van der Waals surface area contributed by atoms with E-state index in [0.717, 1.165) is 18.5 Å². The predicted molar refractivity (Wildman–Crippen MR) is 120 cm³/mol. The highest BCUT2D eigenvalue weighted by molar-refractivity contribution is 6.34. The zero-order valence-corrected chi connectivity index (χ0v) is 18.1. The van der Waals surface area contributed by atoms with Crippen LogP contribution in [0, 0.1) is 11.7 Å². The van der Waals surface area contributed by atoms with Crippen LogP contribution in [0.2, 0.25) is 5.02 Å². The Hall–Kier alpha value is -2.97. The minimum absolute atomic E-state index is 0.0253. The van der Waals surface area contributed by atoms with Crippen LogP contribution in [-0.2, 0) is 13.0 Å². The Morgan fingerprint density at radius 2 is 2.09 bits per heavy atom. The molecule has 1 aliphatic carbocycles. The summed E-state index contributed by atoms with van der Waals surface area (Å²) in [4.78, 5) is 19.2. The van der Waals surface area contributed by atoms with E-state index in [4.69, 9.17) is 11.6 Å². The highest BCUT2D eigenvalue weighted by Crippen LogP contribution is 2.36. The zero-order chi connectivity index (χ0) is 22.2. The zero-order valence-electron chi connectivity index (χ0n) is 17.3. The highest BCUT2D eigenvalue weighted by atomic mass is 35.5. The molecule has 1 aromatic carbocycles. The molecular formula is C23H23ClFN5O2. The van der Waals surface area contributed by atoms with Crippen LogP contribution >= 0.6 is 11.6 Å². The molecule has 1 fully saturated rings. The number of hydrogen-bond acceptors (Lipinski definition) is 5. The predicted octanol–water partition coefficient (Wildman–Crippen LogP) is 3.50. The van der Waals surface area contributed by atoms with E-state index in [2.05, 4.69) is 15.4 Å². The third-order valence-electron chi connectivity index (χ3n) is 6.12. The highest BCUT2D eigenvalue weighted by Gasteiger charge is 2.32. The summed E-state index contributed by atoms with van der Waals surface area (Å²) < 4.78 is 15.8. The van der Waals surface area contributed by atoms with Crippen LogP contribution in [0.15, 0.2) is 42.7 Å². The molecular weight excluding hydrogens is 433 g/mol. The molecule has 1 aliphatic heterocycles. The second-order valence-corrected chi connectivity index (χ2v) is 8.66. The van der Waals surface area contributed by atoms with Gasteiger partial charge in [-0.05, 0) is 24.8 Å². The lowest BCUT2D eigenvalue weighted by atomic mass is 10.1. The Kier molecular flexibility index (Phi) is 5.57. The Labute approximate surface area is 189 Å². The monoisotopic (exact) mass is 455 g/mol. The van der Waals surface area contributed by atoms with Gasteiger partial charge in [-0.1, -0.05) is 29.8 Å². The fraction of sp³-hybridized carbons (Fsp3) is 0.348. The average molecular weight is 456 g/mol. The molecule has 32 heavy (non-hydrogen) atoms. The van der Waals surface area contributed by atoms with Gasteiger partial charge >= 0.3 is 0 Å². The summed E-state index contributed by atoms with van der Waals surface area (Å²) in [5, 5.41) is 17.6. The van der Waals surface area contributed by atoms with E-state index in [1.54, 1.807) is 33.8 Å². The first kappa shape index (κ1) is 20.9. The fourth-order valence-electron chi connectivity index (χ4n) is 4.19. The van der Waals surface area contributed by atoms with Crippen LogP contribution in [0.1, 0.15) is 34.5 Å². The number of hydrogen-bond donors (Lipinski definition) is 2. The lowest BCUT2D eigenvalue weighted by Crippen LogP contribution is -2.38. The average Bonchev–Trinajstić information content (AvgIpc) is 3.56. The summed E-state index contributed by atoms with van der Waals surface area (Å²) in [6.45, 7) is 0.713. The van der Waals surface area contributed by atoms with Gasteiger partial charge < -0.3 is 15.3 Å². The van der Waals surface area contributed by atoms with E-state index in [-0.39, 0.29) is 30.9 Å². The maximum Gasteiger partial charge on any atom is 0.261 e. The van der Waals surface area contributed by atoms with Crippen molar-refractivity contribution in [3.63, 3.8) is 0 Å². The molecule has 0 unspecified atom stereocenters. The van der Waals surface area contributed by atoms with Gasteiger partial charge in [-0.2, -0.15) is 5.10 Å². The van der Waals surface area contributed by atoms with Gasteiger partial charge in [0.25, 0.3) is 5.91 Å². The maximum atomic E-state index is 14.1. The molecule has 1 amide bonds. The molecule has 3 aromatic rings. The Bertz CT molecular complexity index is 1160. The number of carbonyl (C=O) groups is 1. The number of aliphatic hydroxyl groups excluding tert-OH is 1. The van der Waals surface area contributed by atoms with Crippen LogP contribution in [0.25, 0.3) is 0 Å². The van der Waals surface area contributed by atoms with E-state index in [0.29, 0.717) is 46.5 Å². The minimum atomic E-state index is -0.295. The van der Waals surface area contributed by atoms with Gasteiger partial charge in [0.2, 0.25) is 0 Å². The van der Waals surface area contributed by atoms with Gasteiger partial charge in [-0.15, -0.1) is 0 Å². The molecule has 0 bridgehead atoms. The van der Waals surface area contributed by atoms with Crippen LogP contribution in [0.5, 0.6) is 0 Å². The smallest absolute Gasteiger partial charge is 0.261 e. The van der Waals surface area contributed by atoms with E-state index in [1.165, 1.54) is 18.5 Å². The molecule has 2 aliphatic rings. The number of nitrogens with zero attached hydrogens (tertiary/aromatic N) is 4. The van der Waals surface area contributed by atoms with Crippen molar-refractivity contribution in [1.82, 2.24) is 14.8 Å². The normalized spacial score (nSPS) is 16.7. The van der Waals surface area contributed by atoms with Crippen molar-refractivity contribution in [2.24, 2.45) is 5.92 Å². The first-order valence-electron chi connectivity index (χ1n) is 10.7. The van der Waals surface area contributed by atoms with Crippen molar-refractivity contribution in [2.45, 2.75) is 31.8 Å². The summed E-state index contributed by atoms with van der Waals surface area (Å²) in [6.07, 6.45) is 5.79. The molecule has 1 saturated carbocycles. The van der Waals surface area contributed by atoms with Crippen LogP contribution in [0.3, 0.4) is 0 Å². The van der Waals surface area contributed by atoms with Crippen LogP contribution < -0.4 is 10.2 Å². The summed E-state index contributed by atoms with van der Waals surface area (Å²) in [6, 6.07) is 8.25. The standard InChI is InChI=1S/C23H23ClFN5O2/c24-17-11-26-22(28-19(13-31)14-5-6-14)9-21(17)29-8-7-20-16(23(29)32)10-27-30(20)12-15-3-1-2-4-18(15)25/h1-4,9-11,14,19,31H,5-8,12-13H2,(H,26,28)/t19-/m1/s1. The molecule has 2 N–H and O–H groups in total. The van der Waals surface area contributed by atoms with Crippen molar-refractivity contribution in [1.29, 1.82) is 0 Å². The van der Waals surface area contributed by atoms with Crippen molar-refractivity contribution < 1.29 is 14.3 Å². The van der Waals surface area contributed by atoms with Gasteiger partial charge in [-0.3, -0.25) is 9.48 Å². The lowest BCUT2D eigenvalue weighted by Gasteiger charge is -2.28. The quantitative estimate of drug-likeness (QED) is 0.569. The maximum absolute atomic E-state index is 14.1. The number of nitrogens with one attached hydrogen (secondary N) is 1. The van der Waals surface area contributed by atoms with E-state index in [1.807, 2.05) is 0 Å². The van der Waals surface area contributed by atoms with Crippen LogP contribution in [0.4, 0.5) is 15.9 Å². The van der Waals surface area contributed by atoms with Crippen LogP contribution in [-0.4, -0.2) is 45.0 Å². The van der Waals surface area contributed by atoms with Crippen molar-refractivity contribution in [2.75, 3.05) is 23.4 Å². The third kappa shape index (κ3) is 3.96. The third-order valence-corrected chi connectivity index (χ3v) is 6.41. The Balaban J connectivity index is 1.38. The topological polar surface area (TPSA) is 83.3 Å². The number of aromatic nitrogens is 3. The molecule has 1 atom stereocenters. The second-order valence-electron chi connectivity index (χ2n) is 8.25. The van der Waals surface area contributed by atoms with Crippen molar-refractivity contribution in [3.8, 4) is 0 Å². The minimum Gasteiger partial charge on any atom is -0.394 e. The number of carbonyl (C=O) groups excluding carboxylic acids is 1. The summed E-state index contributed by atoms with van der Waals surface area (Å²) in [5.41, 5.74) is 2.36. The van der Waals surface area contributed by atoms with Gasteiger partial charge in [0.1, 0.15) is 11.6 Å². The van der Waals surface area contributed by atoms with E-state index in [9.17, 15) is 14.3 Å². The Morgan fingerprint density at radius 1 is 1.28 bits per heavy atom. The lowest BCUT2D eigenvalue weighted by molar-refractivity contribution is 0.0980. The second kappa shape index (κ2) is 8.52. The van der Waals surface area contributed by atoms with Gasteiger partial charge in [0.05, 0.1) is 53.6 Å². The van der Waals surface area contributed by atoms with Gasteiger partial charge in [0.15, 0.2) is 0 Å². The number of rotatable bonds is 7. The summed E-state index contributed by atoms with van der Waals surface area (Å²) in [5.74, 6) is 0.520. The molecule has 0 radical (unpaired) electrons. The first-order valence-corrected chi connectivity index (χ1v) is 11.1. The number of pyridine rings is 1. The fourth-order valence-corrected chi connectivity index (χ4v) is 4.39. The molecule has 166 valence electrons. The number of halogens is 2.